The van der Waals surface area contributed by atoms with Crippen LogP contribution in [0.15, 0.2) is 22.7 Å². The molecular weight excluding hydrogens is 332 g/mol. The zero-order chi connectivity index (χ0) is 16.0. The highest BCUT2D eigenvalue weighted by Gasteiger charge is 2.16. The molecule has 118 valence electrons. The largest absolute Gasteiger partial charge is 0.508 e. The number of hydrogen-bond acceptors (Lipinski definition) is 3. The second-order valence-electron chi connectivity index (χ2n) is 6.17. The van der Waals surface area contributed by atoms with Crippen molar-refractivity contribution < 1.29 is 9.90 Å². The summed E-state index contributed by atoms with van der Waals surface area (Å²) >= 11 is 3.42. The van der Waals surface area contributed by atoms with Crippen LogP contribution in [0.25, 0.3) is 0 Å². The number of phenolic OH excluding ortho intramolecular Hbond substituents is 1. The summed E-state index contributed by atoms with van der Waals surface area (Å²) in [7, 11) is 0. The van der Waals surface area contributed by atoms with Gasteiger partial charge in [-0.2, -0.15) is 0 Å². The quantitative estimate of drug-likeness (QED) is 0.730. The summed E-state index contributed by atoms with van der Waals surface area (Å²) in [6.45, 7) is 8.52. The van der Waals surface area contributed by atoms with E-state index in [-0.39, 0.29) is 23.2 Å². The molecule has 21 heavy (non-hydrogen) atoms. The van der Waals surface area contributed by atoms with Gasteiger partial charge in [0.05, 0.1) is 0 Å². The van der Waals surface area contributed by atoms with Crippen LogP contribution in [0.2, 0.25) is 0 Å². The second kappa shape index (κ2) is 7.80. The van der Waals surface area contributed by atoms with Crippen molar-refractivity contribution in [1.82, 2.24) is 10.6 Å². The standard InChI is InChI=1S/C16H25BrN2O2/c1-5-13(12-10-11(17)6-7-14(12)20)18-9-8-15(21)19-16(2,3)4/h6-7,10,13,18,20H,5,8-9H2,1-4H3,(H,19,21). The van der Waals surface area contributed by atoms with Gasteiger partial charge in [0.1, 0.15) is 5.75 Å². The number of aromatic hydroxyl groups is 1. The van der Waals surface area contributed by atoms with Crippen LogP contribution < -0.4 is 10.6 Å². The van der Waals surface area contributed by atoms with Crippen LogP contribution in [0.5, 0.6) is 5.75 Å². The molecule has 0 bridgehead atoms. The first-order valence-corrected chi connectivity index (χ1v) is 8.05. The maximum absolute atomic E-state index is 11.8. The van der Waals surface area contributed by atoms with E-state index in [0.717, 1.165) is 16.5 Å². The number of rotatable bonds is 6. The molecule has 1 amide bonds. The highest BCUT2D eigenvalue weighted by atomic mass is 79.9. The Morgan fingerprint density at radius 3 is 2.62 bits per heavy atom. The zero-order valence-electron chi connectivity index (χ0n) is 13.2. The molecule has 0 saturated heterocycles. The summed E-state index contributed by atoms with van der Waals surface area (Å²) < 4.78 is 0.932. The maximum Gasteiger partial charge on any atom is 0.221 e. The Morgan fingerprint density at radius 1 is 1.38 bits per heavy atom. The number of hydrogen-bond donors (Lipinski definition) is 3. The van der Waals surface area contributed by atoms with Gasteiger partial charge in [0.25, 0.3) is 0 Å². The third-order valence-electron chi connectivity index (χ3n) is 3.03. The molecule has 1 aromatic rings. The van der Waals surface area contributed by atoms with E-state index < -0.39 is 0 Å². The molecule has 1 rings (SSSR count). The average Bonchev–Trinajstić information content (AvgIpc) is 2.36. The van der Waals surface area contributed by atoms with Crippen molar-refractivity contribution in [2.75, 3.05) is 6.54 Å². The predicted molar refractivity (Wildman–Crippen MR) is 89.4 cm³/mol. The molecular formula is C16H25BrN2O2. The van der Waals surface area contributed by atoms with E-state index in [0.29, 0.717) is 13.0 Å². The van der Waals surface area contributed by atoms with Crippen molar-refractivity contribution in [2.24, 2.45) is 0 Å². The molecule has 0 spiro atoms. The number of amides is 1. The topological polar surface area (TPSA) is 61.4 Å². The first-order chi connectivity index (χ1) is 9.73. The van der Waals surface area contributed by atoms with Gasteiger partial charge in [-0.15, -0.1) is 0 Å². The van der Waals surface area contributed by atoms with E-state index in [1.54, 1.807) is 6.07 Å². The molecule has 1 atom stereocenters. The molecule has 1 unspecified atom stereocenters. The van der Waals surface area contributed by atoms with Crippen LogP contribution >= 0.6 is 15.9 Å². The van der Waals surface area contributed by atoms with Gasteiger partial charge in [-0.05, 0) is 45.4 Å². The molecule has 4 nitrogen and oxygen atoms in total. The summed E-state index contributed by atoms with van der Waals surface area (Å²) in [6, 6.07) is 5.43. The number of phenols is 1. The molecule has 0 aliphatic rings. The van der Waals surface area contributed by atoms with Gasteiger partial charge in [-0.1, -0.05) is 22.9 Å². The molecule has 0 aliphatic carbocycles. The minimum absolute atomic E-state index is 0.0308. The van der Waals surface area contributed by atoms with E-state index in [4.69, 9.17) is 0 Å². The minimum atomic E-state index is -0.205. The van der Waals surface area contributed by atoms with Gasteiger partial charge in [0.15, 0.2) is 0 Å². The number of carbonyl (C=O) groups is 1. The first-order valence-electron chi connectivity index (χ1n) is 7.25. The highest BCUT2D eigenvalue weighted by Crippen LogP contribution is 2.29. The molecule has 1 aromatic carbocycles. The van der Waals surface area contributed by atoms with Gasteiger partial charge < -0.3 is 15.7 Å². The van der Waals surface area contributed by atoms with E-state index >= 15 is 0 Å². The molecule has 0 saturated carbocycles. The van der Waals surface area contributed by atoms with Crippen LogP contribution in [-0.2, 0) is 4.79 Å². The van der Waals surface area contributed by atoms with Crippen molar-refractivity contribution in [2.45, 2.75) is 52.1 Å². The first kappa shape index (κ1) is 18.0. The predicted octanol–water partition coefficient (Wildman–Crippen LogP) is 3.50. The smallest absolute Gasteiger partial charge is 0.221 e. The van der Waals surface area contributed by atoms with Gasteiger partial charge in [-0.3, -0.25) is 4.79 Å². The van der Waals surface area contributed by atoms with Crippen molar-refractivity contribution in [1.29, 1.82) is 0 Å². The zero-order valence-corrected chi connectivity index (χ0v) is 14.8. The number of carbonyl (C=O) groups excluding carboxylic acids is 1. The third-order valence-corrected chi connectivity index (χ3v) is 3.52. The summed E-state index contributed by atoms with van der Waals surface area (Å²) in [4.78, 5) is 11.8. The highest BCUT2D eigenvalue weighted by molar-refractivity contribution is 9.10. The molecule has 5 heteroatoms. The molecule has 0 fully saturated rings. The summed E-state index contributed by atoms with van der Waals surface area (Å²) in [5.41, 5.74) is 0.646. The van der Waals surface area contributed by atoms with Crippen molar-refractivity contribution in [3.63, 3.8) is 0 Å². The number of halogens is 1. The van der Waals surface area contributed by atoms with E-state index in [2.05, 4.69) is 26.6 Å². The molecule has 0 aromatic heterocycles. The maximum atomic E-state index is 11.8. The lowest BCUT2D eigenvalue weighted by Crippen LogP contribution is -2.41. The lowest BCUT2D eigenvalue weighted by atomic mass is 10.0. The lowest BCUT2D eigenvalue weighted by Gasteiger charge is -2.22. The third kappa shape index (κ3) is 6.48. The molecule has 0 aliphatic heterocycles. The Hall–Kier alpha value is -1.07. The molecule has 0 radical (unpaired) electrons. The monoisotopic (exact) mass is 356 g/mol. The Kier molecular flexibility index (Phi) is 6.68. The van der Waals surface area contributed by atoms with Gasteiger partial charge >= 0.3 is 0 Å². The van der Waals surface area contributed by atoms with Crippen molar-refractivity contribution in [3.05, 3.63) is 28.2 Å². The van der Waals surface area contributed by atoms with Crippen LogP contribution in [0.3, 0.4) is 0 Å². The number of nitrogens with one attached hydrogen (secondary N) is 2. The molecule has 0 heterocycles. The van der Waals surface area contributed by atoms with Crippen LogP contribution in [-0.4, -0.2) is 23.1 Å². The summed E-state index contributed by atoms with van der Waals surface area (Å²) in [6.07, 6.45) is 1.26. The van der Waals surface area contributed by atoms with Crippen molar-refractivity contribution in [3.8, 4) is 5.75 Å². The summed E-state index contributed by atoms with van der Waals surface area (Å²) in [5.74, 6) is 0.306. The van der Waals surface area contributed by atoms with Gasteiger partial charge in [0, 0.05) is 34.6 Å². The molecule has 3 N–H and O–H groups in total. The normalized spacial score (nSPS) is 13.0. The van der Waals surface area contributed by atoms with E-state index in [1.807, 2.05) is 39.8 Å². The fourth-order valence-electron chi connectivity index (χ4n) is 2.12. The number of benzene rings is 1. The average molecular weight is 357 g/mol. The Bertz CT molecular complexity index is 484. The van der Waals surface area contributed by atoms with Crippen LogP contribution in [0.1, 0.15) is 52.1 Å². The van der Waals surface area contributed by atoms with E-state index in [1.165, 1.54) is 0 Å². The Morgan fingerprint density at radius 2 is 2.05 bits per heavy atom. The fraction of sp³-hybridized carbons (Fsp3) is 0.562. The minimum Gasteiger partial charge on any atom is -0.508 e. The van der Waals surface area contributed by atoms with Crippen LogP contribution in [0.4, 0.5) is 0 Å². The fourth-order valence-corrected chi connectivity index (χ4v) is 2.50. The lowest BCUT2D eigenvalue weighted by molar-refractivity contribution is -0.122. The Labute approximate surface area is 135 Å². The van der Waals surface area contributed by atoms with Crippen LogP contribution in [0, 0.1) is 0 Å². The van der Waals surface area contributed by atoms with Gasteiger partial charge in [-0.25, -0.2) is 0 Å². The Balaban J connectivity index is 2.56. The van der Waals surface area contributed by atoms with Crippen molar-refractivity contribution >= 4 is 21.8 Å². The SMILES string of the molecule is CCC(NCCC(=O)NC(C)(C)C)c1cc(Br)ccc1O. The summed E-state index contributed by atoms with van der Waals surface area (Å²) in [5, 5.41) is 16.2. The van der Waals surface area contributed by atoms with E-state index in [9.17, 15) is 9.90 Å². The van der Waals surface area contributed by atoms with Gasteiger partial charge in [0.2, 0.25) is 5.91 Å². The second-order valence-corrected chi connectivity index (χ2v) is 7.08.